The van der Waals surface area contributed by atoms with E-state index in [-0.39, 0.29) is 0 Å². The van der Waals surface area contributed by atoms with Gasteiger partial charge in [0.05, 0.1) is 10.2 Å². The van der Waals surface area contributed by atoms with Gasteiger partial charge in [-0.15, -0.1) is 11.3 Å². The number of benzene rings is 1. The van der Waals surface area contributed by atoms with Crippen LogP contribution >= 0.6 is 34.7 Å². The van der Waals surface area contributed by atoms with E-state index < -0.39 is 0 Å². The SMILES string of the molecule is CCCCn1c(Sc2nc3cc(Cl)ccc3s2)nc2c(N)ncnc21. The highest BCUT2D eigenvalue weighted by Crippen LogP contribution is 2.36. The first kappa shape index (κ1) is 16.6. The number of halogens is 1. The van der Waals surface area contributed by atoms with Gasteiger partial charge in [0.2, 0.25) is 0 Å². The van der Waals surface area contributed by atoms with Gasteiger partial charge in [-0.05, 0) is 36.4 Å². The van der Waals surface area contributed by atoms with E-state index in [9.17, 15) is 0 Å². The number of aryl methyl sites for hydroxylation is 1. The van der Waals surface area contributed by atoms with Gasteiger partial charge >= 0.3 is 0 Å². The van der Waals surface area contributed by atoms with Crippen LogP contribution in [0.25, 0.3) is 21.4 Å². The van der Waals surface area contributed by atoms with Crippen molar-refractivity contribution in [3.8, 4) is 0 Å². The summed E-state index contributed by atoms with van der Waals surface area (Å²) in [5.41, 5.74) is 8.29. The molecular weight excluding hydrogens is 376 g/mol. The van der Waals surface area contributed by atoms with Gasteiger partial charge in [-0.3, -0.25) is 0 Å². The minimum absolute atomic E-state index is 0.401. The van der Waals surface area contributed by atoms with Crippen LogP contribution in [0.2, 0.25) is 5.02 Å². The molecule has 9 heteroatoms. The van der Waals surface area contributed by atoms with Gasteiger partial charge in [0.1, 0.15) is 6.33 Å². The maximum absolute atomic E-state index is 6.05. The van der Waals surface area contributed by atoms with Crippen LogP contribution in [0, 0.1) is 0 Å². The van der Waals surface area contributed by atoms with Crippen LogP contribution in [0.1, 0.15) is 19.8 Å². The number of unbranched alkanes of at least 4 members (excludes halogenated alkanes) is 1. The molecule has 128 valence electrons. The molecule has 4 rings (SSSR count). The largest absolute Gasteiger partial charge is 0.382 e. The Morgan fingerprint density at radius 3 is 3.00 bits per heavy atom. The second kappa shape index (κ2) is 6.78. The first-order chi connectivity index (χ1) is 12.2. The molecule has 0 radical (unpaired) electrons. The molecule has 0 bridgehead atoms. The summed E-state index contributed by atoms with van der Waals surface area (Å²) >= 11 is 9.20. The molecule has 0 unspecified atom stereocenters. The third kappa shape index (κ3) is 3.17. The molecule has 3 aromatic heterocycles. The van der Waals surface area contributed by atoms with Crippen molar-refractivity contribution in [3.63, 3.8) is 0 Å². The number of nitrogens with zero attached hydrogens (tertiary/aromatic N) is 5. The number of thiazole rings is 1. The number of aromatic nitrogens is 5. The molecule has 1 aromatic carbocycles. The van der Waals surface area contributed by atoms with Crippen LogP contribution in [-0.2, 0) is 6.54 Å². The Hall–Kier alpha value is -1.90. The third-order valence-electron chi connectivity index (χ3n) is 3.77. The first-order valence-corrected chi connectivity index (χ1v) is 9.87. The van der Waals surface area contributed by atoms with E-state index in [4.69, 9.17) is 17.3 Å². The van der Waals surface area contributed by atoms with Gasteiger partial charge in [0, 0.05) is 11.6 Å². The van der Waals surface area contributed by atoms with Crippen LogP contribution in [-0.4, -0.2) is 24.5 Å². The average Bonchev–Trinajstić information content (AvgIpc) is 3.14. The lowest BCUT2D eigenvalue weighted by Crippen LogP contribution is -2.01. The molecule has 2 N–H and O–H groups in total. The van der Waals surface area contributed by atoms with E-state index in [1.165, 1.54) is 18.1 Å². The molecule has 0 atom stereocenters. The van der Waals surface area contributed by atoms with Crippen LogP contribution < -0.4 is 5.73 Å². The molecule has 0 amide bonds. The molecule has 3 heterocycles. The van der Waals surface area contributed by atoms with Gasteiger partial charge in [-0.2, -0.15) is 0 Å². The zero-order chi connectivity index (χ0) is 17.4. The summed E-state index contributed by atoms with van der Waals surface area (Å²) < 4.78 is 4.11. The number of nitrogen functional groups attached to an aromatic ring is 1. The Morgan fingerprint density at radius 2 is 2.16 bits per heavy atom. The molecule has 0 aliphatic rings. The monoisotopic (exact) mass is 390 g/mol. The van der Waals surface area contributed by atoms with E-state index in [0.717, 1.165) is 44.7 Å². The summed E-state index contributed by atoms with van der Waals surface area (Å²) in [5.74, 6) is 0.401. The molecule has 6 nitrogen and oxygen atoms in total. The zero-order valence-corrected chi connectivity index (χ0v) is 15.8. The topological polar surface area (TPSA) is 82.5 Å². The Bertz CT molecular complexity index is 1060. The van der Waals surface area contributed by atoms with Crippen molar-refractivity contribution in [1.29, 1.82) is 0 Å². The van der Waals surface area contributed by atoms with Crippen molar-refractivity contribution in [2.75, 3.05) is 5.73 Å². The van der Waals surface area contributed by atoms with E-state index in [1.807, 2.05) is 18.2 Å². The van der Waals surface area contributed by atoms with Crippen molar-refractivity contribution in [2.45, 2.75) is 35.8 Å². The highest BCUT2D eigenvalue weighted by atomic mass is 35.5. The fourth-order valence-electron chi connectivity index (χ4n) is 2.53. The lowest BCUT2D eigenvalue weighted by molar-refractivity contribution is 0.598. The number of nitrogens with two attached hydrogens (primary N) is 1. The van der Waals surface area contributed by atoms with E-state index >= 15 is 0 Å². The molecule has 0 aliphatic heterocycles. The number of rotatable bonds is 5. The number of imidazole rings is 1. The van der Waals surface area contributed by atoms with Crippen LogP contribution in [0.4, 0.5) is 5.82 Å². The van der Waals surface area contributed by atoms with Crippen molar-refractivity contribution in [1.82, 2.24) is 24.5 Å². The quantitative estimate of drug-likeness (QED) is 0.535. The van der Waals surface area contributed by atoms with Crippen molar-refractivity contribution < 1.29 is 0 Å². The Labute approximate surface area is 157 Å². The predicted molar refractivity (Wildman–Crippen MR) is 103 cm³/mol. The third-order valence-corrected chi connectivity index (χ3v) is 6.10. The number of fused-ring (bicyclic) bond motifs is 2. The number of anilines is 1. The molecule has 0 aliphatic carbocycles. The summed E-state index contributed by atoms with van der Waals surface area (Å²) in [5, 5.41) is 1.52. The highest BCUT2D eigenvalue weighted by Gasteiger charge is 2.17. The predicted octanol–water partition coefficient (Wildman–Crippen LogP) is 4.62. The fraction of sp³-hybridized carbons (Fsp3) is 0.250. The first-order valence-electron chi connectivity index (χ1n) is 7.86. The lowest BCUT2D eigenvalue weighted by Gasteiger charge is -2.05. The summed E-state index contributed by atoms with van der Waals surface area (Å²) in [6.45, 7) is 3.00. The normalized spacial score (nSPS) is 11.6. The molecule has 0 saturated carbocycles. The summed E-state index contributed by atoms with van der Waals surface area (Å²) in [7, 11) is 0. The van der Waals surface area contributed by atoms with Crippen LogP contribution in [0.3, 0.4) is 0 Å². The van der Waals surface area contributed by atoms with E-state index in [1.54, 1.807) is 11.3 Å². The summed E-state index contributed by atoms with van der Waals surface area (Å²) in [4.78, 5) is 17.7. The Morgan fingerprint density at radius 1 is 1.28 bits per heavy atom. The Balaban J connectivity index is 1.77. The maximum Gasteiger partial charge on any atom is 0.177 e. The van der Waals surface area contributed by atoms with Gasteiger partial charge in [0.15, 0.2) is 26.5 Å². The minimum atomic E-state index is 0.401. The maximum atomic E-state index is 6.05. The zero-order valence-electron chi connectivity index (χ0n) is 13.4. The molecule has 4 aromatic rings. The standard InChI is InChI=1S/C16H15ClN6S2/c1-2-3-6-23-14-12(13(18)19-8-20-14)22-15(23)25-16-21-10-7-9(17)4-5-11(10)24-16/h4-5,7-8H,2-3,6H2,1H3,(H2,18,19,20). The van der Waals surface area contributed by atoms with Crippen molar-refractivity contribution in [3.05, 3.63) is 29.5 Å². The van der Waals surface area contributed by atoms with Crippen molar-refractivity contribution >= 4 is 61.9 Å². The molecule has 0 fully saturated rings. The second-order valence-corrected chi connectivity index (χ2v) is 8.21. The van der Waals surface area contributed by atoms with E-state index in [2.05, 4.69) is 31.4 Å². The number of hydrogen-bond acceptors (Lipinski definition) is 7. The Kier molecular flexibility index (Phi) is 4.49. The van der Waals surface area contributed by atoms with Crippen LogP contribution in [0.15, 0.2) is 34.0 Å². The lowest BCUT2D eigenvalue weighted by atomic mass is 10.3. The molecule has 25 heavy (non-hydrogen) atoms. The number of hydrogen-bond donors (Lipinski definition) is 1. The van der Waals surface area contributed by atoms with Gasteiger partial charge in [-0.1, -0.05) is 24.9 Å². The van der Waals surface area contributed by atoms with Gasteiger partial charge < -0.3 is 10.3 Å². The summed E-state index contributed by atoms with van der Waals surface area (Å²) in [6.07, 6.45) is 3.61. The molecular formula is C16H15ClN6S2. The smallest absolute Gasteiger partial charge is 0.177 e. The minimum Gasteiger partial charge on any atom is -0.382 e. The highest BCUT2D eigenvalue weighted by molar-refractivity contribution is 8.01. The van der Waals surface area contributed by atoms with Gasteiger partial charge in [0.25, 0.3) is 0 Å². The van der Waals surface area contributed by atoms with Crippen LogP contribution in [0.5, 0.6) is 0 Å². The second-order valence-electron chi connectivity index (χ2n) is 5.52. The average molecular weight is 391 g/mol. The van der Waals surface area contributed by atoms with Crippen molar-refractivity contribution in [2.24, 2.45) is 0 Å². The summed E-state index contributed by atoms with van der Waals surface area (Å²) in [6, 6.07) is 5.74. The fourth-order valence-corrected chi connectivity index (χ4v) is 4.76. The molecule has 0 spiro atoms. The van der Waals surface area contributed by atoms with E-state index in [0.29, 0.717) is 16.4 Å². The van der Waals surface area contributed by atoms with Gasteiger partial charge in [-0.25, -0.2) is 19.9 Å². The molecule has 0 saturated heterocycles.